The van der Waals surface area contributed by atoms with Gasteiger partial charge >= 0.3 is 6.09 Å². The van der Waals surface area contributed by atoms with Gasteiger partial charge in [0.25, 0.3) is 0 Å². The predicted octanol–water partition coefficient (Wildman–Crippen LogP) is 8.09. The number of nitrogens with zero attached hydrogens (tertiary/aromatic N) is 6. The van der Waals surface area contributed by atoms with Crippen LogP contribution in [0, 0.1) is 0 Å². The number of hydrogen-bond donors (Lipinski definition) is 1. The number of hydrogen-bond acceptors (Lipinski definition) is 9. The van der Waals surface area contributed by atoms with Crippen LogP contribution in [0.4, 0.5) is 4.79 Å². The van der Waals surface area contributed by atoms with Gasteiger partial charge in [0, 0.05) is 36.2 Å². The first-order chi connectivity index (χ1) is 28.1. The lowest BCUT2D eigenvalue weighted by molar-refractivity contribution is 0.132. The van der Waals surface area contributed by atoms with Crippen molar-refractivity contribution in [2.75, 3.05) is 34.4 Å². The Balaban J connectivity index is 1.36. The van der Waals surface area contributed by atoms with Crippen LogP contribution in [-0.2, 0) is 29.7 Å². The summed E-state index contributed by atoms with van der Waals surface area (Å²) in [5, 5.41) is 22.4. The van der Waals surface area contributed by atoms with Crippen LogP contribution in [0.2, 0.25) is 0 Å². The van der Waals surface area contributed by atoms with E-state index in [9.17, 15) is 9.90 Å². The first kappa shape index (κ1) is 40.4. The highest BCUT2D eigenvalue weighted by Crippen LogP contribution is 2.43. The molecule has 1 aliphatic heterocycles. The van der Waals surface area contributed by atoms with Gasteiger partial charge in [-0.05, 0) is 121 Å². The molecule has 1 amide bonds. The molecule has 5 aromatic carbocycles. The van der Waals surface area contributed by atoms with Crippen LogP contribution in [-0.4, -0.2) is 83.4 Å². The van der Waals surface area contributed by atoms with Crippen LogP contribution in [0.25, 0.3) is 22.5 Å². The highest BCUT2D eigenvalue weighted by atomic mass is 79.9. The van der Waals surface area contributed by atoms with Crippen LogP contribution in [0.15, 0.2) is 119 Å². The molecule has 2 heterocycles. The number of ether oxygens (including phenoxy) is 3. The van der Waals surface area contributed by atoms with Gasteiger partial charge in [0.15, 0.2) is 5.82 Å². The van der Waals surface area contributed by atoms with E-state index in [4.69, 9.17) is 14.2 Å². The molecule has 0 unspecified atom stereocenters. The van der Waals surface area contributed by atoms with Crippen LogP contribution in [0.3, 0.4) is 0 Å². The molecule has 58 heavy (non-hydrogen) atoms. The predicted molar refractivity (Wildman–Crippen MR) is 222 cm³/mol. The molecule has 0 spiro atoms. The molecule has 6 aromatic rings. The third kappa shape index (κ3) is 8.86. The third-order valence-corrected chi connectivity index (χ3v) is 13.3. The van der Waals surface area contributed by atoms with Crippen molar-refractivity contribution in [2.45, 2.75) is 43.3 Å². The minimum atomic E-state index is -4.34. The Morgan fingerprint density at radius 2 is 1.28 bits per heavy atom. The molecular formula is C43H43BrN6O7S. The topological polar surface area (TPSA) is 149 Å². The fourth-order valence-electron chi connectivity index (χ4n) is 7.23. The van der Waals surface area contributed by atoms with E-state index in [0.717, 1.165) is 40.7 Å². The summed E-state index contributed by atoms with van der Waals surface area (Å²) in [6.07, 6.45) is 0.537. The van der Waals surface area contributed by atoms with Crippen LogP contribution in [0.5, 0.6) is 17.2 Å². The molecule has 0 radical (unpaired) electrons. The summed E-state index contributed by atoms with van der Waals surface area (Å²) in [4.78, 5) is 13.0. The van der Waals surface area contributed by atoms with E-state index < -0.39 is 16.1 Å². The Morgan fingerprint density at radius 1 is 0.759 bits per heavy atom. The van der Waals surface area contributed by atoms with Crippen LogP contribution >= 0.6 is 15.9 Å². The van der Waals surface area contributed by atoms with E-state index in [-0.39, 0.29) is 36.3 Å². The summed E-state index contributed by atoms with van der Waals surface area (Å²) in [5.74, 6) is 2.49. The summed E-state index contributed by atoms with van der Waals surface area (Å²) in [5.41, 5.74) is 5.23. The van der Waals surface area contributed by atoms with Gasteiger partial charge in [-0.15, -0.1) is 5.10 Å². The molecule has 0 aliphatic carbocycles. The van der Waals surface area contributed by atoms with Crippen molar-refractivity contribution in [3.63, 3.8) is 0 Å². The minimum absolute atomic E-state index is 0.0166. The molecule has 1 N–H and O–H groups in total. The lowest BCUT2D eigenvalue weighted by atomic mass is 9.88. The number of likely N-dealkylation sites (tertiary alicyclic amines) is 1. The second kappa shape index (κ2) is 17.8. The van der Waals surface area contributed by atoms with Crippen molar-refractivity contribution < 1.29 is 32.5 Å². The van der Waals surface area contributed by atoms with E-state index in [2.05, 4.69) is 31.5 Å². The first-order valence-corrected chi connectivity index (χ1v) is 20.9. The average molecular weight is 868 g/mol. The SMILES string of the molecule is COc1ccc(CN(Cc2ccc(OC)cc2)S(=O)(=O)c2c(Br)ccc(-c3ccc(C4CCN(C(=O)O)CC4)cc3)c2-c2nnnn2Cc2ccc(OC)cc2)cc1. The number of sulfonamides is 1. The normalized spacial score (nSPS) is 13.4. The molecule has 0 atom stereocenters. The number of methoxy groups -OCH3 is 3. The molecule has 300 valence electrons. The molecule has 1 aliphatic rings. The van der Waals surface area contributed by atoms with Crippen molar-refractivity contribution in [3.05, 3.63) is 136 Å². The zero-order valence-corrected chi connectivity index (χ0v) is 34.7. The fraction of sp³-hybridized carbons (Fsp3) is 0.256. The monoisotopic (exact) mass is 866 g/mol. The maximum atomic E-state index is 15.5. The largest absolute Gasteiger partial charge is 0.497 e. The van der Waals surface area contributed by atoms with E-state index in [1.54, 1.807) is 32.1 Å². The van der Waals surface area contributed by atoms with E-state index >= 15 is 8.42 Å². The summed E-state index contributed by atoms with van der Waals surface area (Å²) in [6, 6.07) is 33.8. The smallest absolute Gasteiger partial charge is 0.407 e. The van der Waals surface area contributed by atoms with Crippen molar-refractivity contribution in [1.82, 2.24) is 29.4 Å². The fourth-order valence-corrected chi connectivity index (χ4v) is 9.84. The van der Waals surface area contributed by atoms with Crippen molar-refractivity contribution in [2.24, 2.45) is 0 Å². The molecule has 0 saturated carbocycles. The molecule has 1 saturated heterocycles. The molecule has 15 heteroatoms. The average Bonchev–Trinajstić information content (AvgIpc) is 3.71. The second-order valence-corrected chi connectivity index (χ2v) is 16.7. The zero-order valence-electron chi connectivity index (χ0n) is 32.3. The number of halogens is 1. The number of piperidine rings is 1. The van der Waals surface area contributed by atoms with Gasteiger partial charge in [0.05, 0.1) is 27.9 Å². The van der Waals surface area contributed by atoms with Gasteiger partial charge in [-0.25, -0.2) is 17.9 Å². The molecular weight excluding hydrogens is 824 g/mol. The molecule has 1 fully saturated rings. The van der Waals surface area contributed by atoms with Gasteiger partial charge < -0.3 is 24.2 Å². The number of benzene rings is 5. The Bertz CT molecular complexity index is 2400. The lowest BCUT2D eigenvalue weighted by Crippen LogP contribution is -2.36. The van der Waals surface area contributed by atoms with E-state index in [1.807, 2.05) is 103 Å². The standard InChI is InChI=1S/C43H43BrN6O7S/c1-55-35-14-4-29(5-15-35)26-49(27-30-6-16-36(56-2)17-7-30)58(53,54)41-39(44)21-20-38(34-12-10-32(11-13-34)33-22-24-48(25-23-33)43(51)52)40(41)42-45-46-47-50(42)28-31-8-18-37(57-3)19-9-31/h4-21,33H,22-28H2,1-3H3,(H,51,52). The van der Waals surface area contributed by atoms with Gasteiger partial charge in [-0.3, -0.25) is 0 Å². The molecule has 0 bridgehead atoms. The van der Waals surface area contributed by atoms with Crippen molar-refractivity contribution in [1.29, 1.82) is 0 Å². The zero-order chi connectivity index (χ0) is 40.8. The third-order valence-electron chi connectivity index (χ3n) is 10.4. The van der Waals surface area contributed by atoms with E-state index in [1.165, 1.54) is 9.21 Å². The Kier molecular flexibility index (Phi) is 12.4. The highest BCUT2D eigenvalue weighted by Gasteiger charge is 2.34. The highest BCUT2D eigenvalue weighted by molar-refractivity contribution is 9.10. The van der Waals surface area contributed by atoms with Gasteiger partial charge in [0.1, 0.15) is 22.1 Å². The number of carbonyl (C=O) groups is 1. The van der Waals surface area contributed by atoms with Gasteiger partial charge in [-0.1, -0.05) is 66.7 Å². The number of rotatable bonds is 14. The number of carboxylic acid groups (broad SMARTS) is 1. The summed E-state index contributed by atoms with van der Waals surface area (Å²) in [6.45, 7) is 1.31. The summed E-state index contributed by atoms with van der Waals surface area (Å²) < 4.78 is 50.5. The summed E-state index contributed by atoms with van der Waals surface area (Å²) >= 11 is 3.66. The van der Waals surface area contributed by atoms with Crippen LogP contribution in [0.1, 0.15) is 41.0 Å². The second-order valence-electron chi connectivity index (χ2n) is 13.9. The molecule has 13 nitrogen and oxygen atoms in total. The maximum absolute atomic E-state index is 15.5. The Morgan fingerprint density at radius 3 is 1.78 bits per heavy atom. The van der Waals surface area contributed by atoms with Gasteiger partial charge in [0.2, 0.25) is 10.0 Å². The molecule has 1 aromatic heterocycles. The number of aromatic nitrogens is 4. The molecule has 7 rings (SSSR count). The number of amides is 1. The lowest BCUT2D eigenvalue weighted by Gasteiger charge is -2.30. The summed E-state index contributed by atoms with van der Waals surface area (Å²) in [7, 11) is 0.437. The van der Waals surface area contributed by atoms with Crippen molar-refractivity contribution in [3.8, 4) is 39.8 Å². The first-order valence-electron chi connectivity index (χ1n) is 18.6. The van der Waals surface area contributed by atoms with Crippen LogP contribution < -0.4 is 14.2 Å². The number of tetrazole rings is 1. The van der Waals surface area contributed by atoms with Crippen molar-refractivity contribution >= 4 is 32.0 Å². The van der Waals surface area contributed by atoms with Gasteiger partial charge in [-0.2, -0.15) is 4.31 Å². The maximum Gasteiger partial charge on any atom is 0.407 e. The van der Waals surface area contributed by atoms with E-state index in [0.29, 0.717) is 45.9 Å². The minimum Gasteiger partial charge on any atom is -0.497 e. The Hall–Kier alpha value is -5.77. The Labute approximate surface area is 346 Å². The quantitative estimate of drug-likeness (QED) is 0.114.